The highest BCUT2D eigenvalue weighted by Gasteiger charge is 2.32. The molecule has 104 valence electrons. The third kappa shape index (κ3) is 5.94. The van der Waals surface area contributed by atoms with Gasteiger partial charge in [0.1, 0.15) is 0 Å². The van der Waals surface area contributed by atoms with Crippen LogP contribution in [0.3, 0.4) is 0 Å². The van der Waals surface area contributed by atoms with Crippen LogP contribution < -0.4 is 9.47 Å². The first-order chi connectivity index (χ1) is 8.92. The van der Waals surface area contributed by atoms with Gasteiger partial charge in [-0.1, -0.05) is 31.2 Å². The first-order valence-corrected chi connectivity index (χ1v) is 5.63. The van der Waals surface area contributed by atoms with Crippen molar-refractivity contribution in [3.05, 3.63) is 36.4 Å². The molecule has 0 spiro atoms. The van der Waals surface area contributed by atoms with E-state index in [2.05, 4.69) is 4.74 Å². The Bertz CT molecular complexity index is 453. The van der Waals surface area contributed by atoms with Crippen LogP contribution in [0.1, 0.15) is 19.8 Å². The van der Waals surface area contributed by atoms with E-state index in [-0.39, 0.29) is 12.2 Å². The summed E-state index contributed by atoms with van der Waals surface area (Å²) in [7, 11) is 0. The molecule has 0 N–H and O–H groups in total. The molecular weight excluding hydrogens is 261 g/mol. The Kier molecular flexibility index (Phi) is 5.41. The largest absolute Gasteiger partial charge is 0.573 e. The van der Waals surface area contributed by atoms with Crippen LogP contribution in [0.2, 0.25) is 0 Å². The summed E-state index contributed by atoms with van der Waals surface area (Å²) < 4.78 is 45.0. The number of allylic oxidation sites excluding steroid dienone is 1. The fourth-order valence-electron chi connectivity index (χ4n) is 1.25. The first kappa shape index (κ1) is 15.1. The molecule has 0 aliphatic heterocycles. The van der Waals surface area contributed by atoms with Crippen LogP contribution in [0.4, 0.5) is 13.2 Å². The van der Waals surface area contributed by atoms with Crippen LogP contribution in [0, 0.1) is 0 Å². The van der Waals surface area contributed by atoms with Crippen LogP contribution in [0.5, 0.6) is 11.5 Å². The summed E-state index contributed by atoms with van der Waals surface area (Å²) in [5.74, 6) is -1.44. The van der Waals surface area contributed by atoms with E-state index in [0.29, 0.717) is 0 Å². The molecule has 6 heteroatoms. The van der Waals surface area contributed by atoms with Gasteiger partial charge in [0.25, 0.3) is 0 Å². The fourth-order valence-corrected chi connectivity index (χ4v) is 1.25. The number of carbonyl (C=O) groups is 1. The molecule has 19 heavy (non-hydrogen) atoms. The molecule has 0 saturated carbocycles. The van der Waals surface area contributed by atoms with Gasteiger partial charge in [-0.3, -0.25) is 4.79 Å². The van der Waals surface area contributed by atoms with E-state index in [1.165, 1.54) is 18.2 Å². The van der Waals surface area contributed by atoms with Crippen LogP contribution in [0.25, 0.3) is 0 Å². The van der Waals surface area contributed by atoms with E-state index in [1.807, 2.05) is 6.92 Å². The van der Waals surface area contributed by atoms with Gasteiger partial charge in [0.15, 0.2) is 11.5 Å². The molecular formula is C13H13F3O3. The number of ether oxygens (including phenoxy) is 2. The lowest BCUT2D eigenvalue weighted by molar-refractivity contribution is -0.275. The lowest BCUT2D eigenvalue weighted by Gasteiger charge is -2.12. The zero-order chi connectivity index (χ0) is 14.3. The standard InChI is InChI=1S/C13H13F3O3/c1-2-3-4-9-12(17)18-10-7-5-6-8-11(10)19-13(14,15)16/h3-8H,2,9H2,1H3. The molecule has 0 bridgehead atoms. The first-order valence-electron chi connectivity index (χ1n) is 5.63. The predicted molar refractivity (Wildman–Crippen MR) is 62.8 cm³/mol. The number of hydrogen-bond acceptors (Lipinski definition) is 3. The van der Waals surface area contributed by atoms with Crippen molar-refractivity contribution in [2.24, 2.45) is 0 Å². The topological polar surface area (TPSA) is 35.5 Å². The summed E-state index contributed by atoms with van der Waals surface area (Å²) in [5, 5.41) is 0. The third-order valence-electron chi connectivity index (χ3n) is 1.99. The molecule has 0 amide bonds. The molecule has 0 aromatic heterocycles. The normalized spacial score (nSPS) is 11.6. The molecule has 0 radical (unpaired) electrons. The number of halogens is 3. The number of alkyl halides is 3. The lowest BCUT2D eigenvalue weighted by atomic mass is 10.3. The highest BCUT2D eigenvalue weighted by molar-refractivity contribution is 5.74. The van der Waals surface area contributed by atoms with Crippen molar-refractivity contribution in [3.8, 4) is 11.5 Å². The van der Waals surface area contributed by atoms with Crippen molar-refractivity contribution in [3.63, 3.8) is 0 Å². The number of esters is 1. The minimum Gasteiger partial charge on any atom is -0.422 e. The Balaban J connectivity index is 2.72. The van der Waals surface area contributed by atoms with Crippen molar-refractivity contribution in [1.82, 2.24) is 0 Å². The third-order valence-corrected chi connectivity index (χ3v) is 1.99. The maximum Gasteiger partial charge on any atom is 0.573 e. The van der Waals surface area contributed by atoms with Crippen LogP contribution in [-0.2, 0) is 4.79 Å². The monoisotopic (exact) mass is 274 g/mol. The van der Waals surface area contributed by atoms with Crippen LogP contribution >= 0.6 is 0 Å². The number of para-hydroxylation sites is 2. The zero-order valence-electron chi connectivity index (χ0n) is 10.2. The van der Waals surface area contributed by atoms with Crippen molar-refractivity contribution < 1.29 is 27.4 Å². The molecule has 0 saturated heterocycles. The molecule has 1 aromatic carbocycles. The molecule has 1 rings (SSSR count). The van der Waals surface area contributed by atoms with Crippen molar-refractivity contribution >= 4 is 5.97 Å². The van der Waals surface area contributed by atoms with Gasteiger partial charge in [0.05, 0.1) is 6.42 Å². The van der Waals surface area contributed by atoms with E-state index >= 15 is 0 Å². The highest BCUT2D eigenvalue weighted by atomic mass is 19.4. The molecule has 0 aliphatic carbocycles. The quantitative estimate of drug-likeness (QED) is 0.465. The molecule has 1 aromatic rings. The maximum atomic E-state index is 12.1. The zero-order valence-corrected chi connectivity index (χ0v) is 10.2. The number of hydrogen-bond donors (Lipinski definition) is 0. The van der Waals surface area contributed by atoms with E-state index in [9.17, 15) is 18.0 Å². The highest BCUT2D eigenvalue weighted by Crippen LogP contribution is 2.31. The molecule has 0 fully saturated rings. The summed E-state index contributed by atoms with van der Waals surface area (Å²) in [5.41, 5.74) is 0. The maximum absolute atomic E-state index is 12.1. The molecule has 0 aliphatic rings. The van der Waals surface area contributed by atoms with Gasteiger partial charge in [-0.15, -0.1) is 13.2 Å². The number of carbonyl (C=O) groups excluding carboxylic acids is 1. The van der Waals surface area contributed by atoms with E-state index in [1.54, 1.807) is 12.2 Å². The Hall–Kier alpha value is -1.98. The van der Waals surface area contributed by atoms with Gasteiger partial charge in [0.2, 0.25) is 0 Å². The second-order valence-corrected chi connectivity index (χ2v) is 3.55. The van der Waals surface area contributed by atoms with Crippen LogP contribution in [-0.4, -0.2) is 12.3 Å². The van der Waals surface area contributed by atoms with Crippen LogP contribution in [0.15, 0.2) is 36.4 Å². The number of rotatable bonds is 5. The van der Waals surface area contributed by atoms with Gasteiger partial charge in [-0.25, -0.2) is 0 Å². The van der Waals surface area contributed by atoms with Gasteiger partial charge in [-0.2, -0.15) is 0 Å². The molecule has 3 nitrogen and oxygen atoms in total. The Morgan fingerprint density at radius 2 is 1.84 bits per heavy atom. The van der Waals surface area contributed by atoms with E-state index in [4.69, 9.17) is 4.74 Å². The Labute approximate surface area is 108 Å². The fraction of sp³-hybridized carbons (Fsp3) is 0.308. The minimum absolute atomic E-state index is 0.00576. The van der Waals surface area contributed by atoms with Crippen molar-refractivity contribution in [2.75, 3.05) is 0 Å². The Morgan fingerprint density at radius 1 is 1.21 bits per heavy atom. The van der Waals surface area contributed by atoms with Gasteiger partial charge >= 0.3 is 12.3 Å². The lowest BCUT2D eigenvalue weighted by Crippen LogP contribution is -2.18. The summed E-state index contributed by atoms with van der Waals surface area (Å²) in [6, 6.07) is 5.13. The van der Waals surface area contributed by atoms with Crippen molar-refractivity contribution in [1.29, 1.82) is 0 Å². The summed E-state index contributed by atoms with van der Waals surface area (Å²) in [4.78, 5) is 11.4. The SMILES string of the molecule is CCC=CCC(=O)Oc1ccccc1OC(F)(F)F. The van der Waals surface area contributed by atoms with Gasteiger partial charge in [0, 0.05) is 0 Å². The summed E-state index contributed by atoms with van der Waals surface area (Å²) in [6.45, 7) is 1.90. The molecule has 0 heterocycles. The second-order valence-electron chi connectivity index (χ2n) is 3.55. The second kappa shape index (κ2) is 6.82. The Morgan fingerprint density at radius 3 is 2.42 bits per heavy atom. The van der Waals surface area contributed by atoms with Gasteiger partial charge < -0.3 is 9.47 Å². The average Bonchev–Trinajstić information content (AvgIpc) is 2.30. The van der Waals surface area contributed by atoms with Gasteiger partial charge in [-0.05, 0) is 18.6 Å². The predicted octanol–water partition coefficient (Wildman–Crippen LogP) is 3.85. The van der Waals surface area contributed by atoms with E-state index < -0.39 is 18.1 Å². The summed E-state index contributed by atoms with van der Waals surface area (Å²) in [6.07, 6.45) is -0.713. The minimum atomic E-state index is -4.83. The van der Waals surface area contributed by atoms with E-state index in [0.717, 1.165) is 12.5 Å². The number of benzene rings is 1. The molecule has 0 atom stereocenters. The van der Waals surface area contributed by atoms with Crippen molar-refractivity contribution in [2.45, 2.75) is 26.1 Å². The summed E-state index contributed by atoms with van der Waals surface area (Å²) >= 11 is 0. The smallest absolute Gasteiger partial charge is 0.422 e. The average molecular weight is 274 g/mol. The molecule has 0 unspecified atom stereocenters.